The van der Waals surface area contributed by atoms with E-state index in [1.807, 2.05) is 44.4 Å². The van der Waals surface area contributed by atoms with Crippen molar-refractivity contribution in [2.75, 3.05) is 31.4 Å². The monoisotopic (exact) mass is 272 g/mol. The number of methoxy groups -OCH3 is 1. The number of nitrogens with one attached hydrogen (secondary N) is 1. The second kappa shape index (κ2) is 6.19. The molecule has 0 heterocycles. The Kier molecular flexibility index (Phi) is 4.35. The summed E-state index contributed by atoms with van der Waals surface area (Å²) in [6, 6.07) is 13.4. The van der Waals surface area contributed by atoms with E-state index in [0.717, 1.165) is 16.9 Å². The predicted molar refractivity (Wildman–Crippen MR) is 82.8 cm³/mol. The van der Waals surface area contributed by atoms with Gasteiger partial charge in [0.2, 0.25) is 0 Å². The van der Waals surface area contributed by atoms with Crippen LogP contribution in [0.2, 0.25) is 0 Å². The maximum Gasteiger partial charge on any atom is 0.124 e. The van der Waals surface area contributed by atoms with E-state index in [4.69, 9.17) is 4.74 Å². The number of hydrogen-bond acceptors (Lipinski definition) is 4. The van der Waals surface area contributed by atoms with Crippen LogP contribution in [0.1, 0.15) is 5.56 Å². The van der Waals surface area contributed by atoms with Gasteiger partial charge in [0.1, 0.15) is 11.5 Å². The van der Waals surface area contributed by atoms with E-state index < -0.39 is 0 Å². The molecule has 2 rings (SSSR count). The zero-order chi connectivity index (χ0) is 14.5. The SMILES string of the molecule is COc1ccc(CNc2ccccc2N(C)C)c(O)c1. The van der Waals surface area contributed by atoms with Gasteiger partial charge >= 0.3 is 0 Å². The average molecular weight is 272 g/mol. The van der Waals surface area contributed by atoms with Crippen LogP contribution in [0.3, 0.4) is 0 Å². The number of benzene rings is 2. The summed E-state index contributed by atoms with van der Waals surface area (Å²) in [5, 5.41) is 13.3. The van der Waals surface area contributed by atoms with Crippen molar-refractivity contribution in [2.24, 2.45) is 0 Å². The number of rotatable bonds is 5. The summed E-state index contributed by atoms with van der Waals surface area (Å²) in [6.45, 7) is 0.556. The predicted octanol–water partition coefficient (Wildman–Crippen LogP) is 3.08. The largest absolute Gasteiger partial charge is 0.507 e. The third-order valence-corrected chi connectivity index (χ3v) is 3.15. The molecule has 0 aliphatic rings. The van der Waals surface area contributed by atoms with Crippen LogP contribution in [-0.2, 0) is 6.54 Å². The van der Waals surface area contributed by atoms with Crippen molar-refractivity contribution in [3.63, 3.8) is 0 Å². The minimum absolute atomic E-state index is 0.235. The van der Waals surface area contributed by atoms with Gasteiger partial charge in [0.25, 0.3) is 0 Å². The molecule has 0 bridgehead atoms. The second-order valence-electron chi connectivity index (χ2n) is 4.76. The standard InChI is InChI=1S/C16H20N2O2/c1-18(2)15-7-5-4-6-14(15)17-11-12-8-9-13(20-3)10-16(12)19/h4-10,17,19H,11H2,1-3H3. The van der Waals surface area contributed by atoms with E-state index in [1.54, 1.807) is 13.2 Å². The van der Waals surface area contributed by atoms with Crippen molar-refractivity contribution < 1.29 is 9.84 Å². The van der Waals surface area contributed by atoms with Crippen LogP contribution in [0.4, 0.5) is 11.4 Å². The Morgan fingerprint density at radius 3 is 2.55 bits per heavy atom. The van der Waals surface area contributed by atoms with E-state index >= 15 is 0 Å². The molecule has 0 saturated heterocycles. The highest BCUT2D eigenvalue weighted by Crippen LogP contribution is 2.27. The van der Waals surface area contributed by atoms with Crippen molar-refractivity contribution in [3.8, 4) is 11.5 Å². The van der Waals surface area contributed by atoms with Crippen LogP contribution in [0, 0.1) is 0 Å². The van der Waals surface area contributed by atoms with Gasteiger partial charge in [-0.05, 0) is 24.3 Å². The molecular formula is C16H20N2O2. The summed E-state index contributed by atoms with van der Waals surface area (Å²) in [4.78, 5) is 2.05. The number of ether oxygens (including phenoxy) is 1. The van der Waals surface area contributed by atoms with Crippen LogP contribution in [-0.4, -0.2) is 26.3 Å². The Morgan fingerprint density at radius 1 is 1.15 bits per heavy atom. The molecule has 0 spiro atoms. The third-order valence-electron chi connectivity index (χ3n) is 3.15. The van der Waals surface area contributed by atoms with Gasteiger partial charge in [-0.2, -0.15) is 0 Å². The normalized spacial score (nSPS) is 10.2. The summed E-state index contributed by atoms with van der Waals surface area (Å²) >= 11 is 0. The molecule has 0 aliphatic heterocycles. The molecule has 0 aliphatic carbocycles. The maximum absolute atomic E-state index is 9.95. The minimum Gasteiger partial charge on any atom is -0.507 e. The second-order valence-corrected chi connectivity index (χ2v) is 4.76. The van der Waals surface area contributed by atoms with Crippen LogP contribution in [0.15, 0.2) is 42.5 Å². The molecule has 4 nitrogen and oxygen atoms in total. The highest BCUT2D eigenvalue weighted by atomic mass is 16.5. The van der Waals surface area contributed by atoms with Gasteiger partial charge in [0.15, 0.2) is 0 Å². The summed E-state index contributed by atoms with van der Waals surface area (Å²) in [7, 11) is 5.59. The van der Waals surface area contributed by atoms with Crippen LogP contribution >= 0.6 is 0 Å². The first-order valence-electron chi connectivity index (χ1n) is 6.48. The van der Waals surface area contributed by atoms with E-state index in [-0.39, 0.29) is 5.75 Å². The molecule has 2 aromatic carbocycles. The molecule has 0 amide bonds. The van der Waals surface area contributed by atoms with Gasteiger partial charge in [-0.15, -0.1) is 0 Å². The zero-order valence-electron chi connectivity index (χ0n) is 12.1. The number of aromatic hydroxyl groups is 1. The molecule has 0 saturated carbocycles. The minimum atomic E-state index is 0.235. The van der Waals surface area contributed by atoms with E-state index in [1.165, 1.54) is 0 Å². The van der Waals surface area contributed by atoms with E-state index in [9.17, 15) is 5.11 Å². The Hall–Kier alpha value is -2.36. The molecule has 2 N–H and O–H groups in total. The van der Waals surface area contributed by atoms with Crippen LogP contribution in [0.5, 0.6) is 11.5 Å². The van der Waals surface area contributed by atoms with Crippen LogP contribution < -0.4 is 15.0 Å². The quantitative estimate of drug-likeness (QED) is 0.878. The molecule has 0 unspecified atom stereocenters. The first-order chi connectivity index (χ1) is 9.61. The van der Waals surface area contributed by atoms with Gasteiger partial charge < -0.3 is 20.1 Å². The van der Waals surface area contributed by atoms with Gasteiger partial charge in [-0.25, -0.2) is 0 Å². The molecule has 20 heavy (non-hydrogen) atoms. The lowest BCUT2D eigenvalue weighted by atomic mass is 10.1. The smallest absolute Gasteiger partial charge is 0.124 e. The Balaban J connectivity index is 2.13. The van der Waals surface area contributed by atoms with Gasteiger partial charge in [0.05, 0.1) is 18.5 Å². The molecular weight excluding hydrogens is 252 g/mol. The molecule has 0 aromatic heterocycles. The first-order valence-corrected chi connectivity index (χ1v) is 6.48. The van der Waals surface area contributed by atoms with E-state index in [0.29, 0.717) is 12.3 Å². The molecule has 0 atom stereocenters. The fraction of sp³-hybridized carbons (Fsp3) is 0.250. The number of phenolic OH excluding ortho intramolecular Hbond substituents is 1. The van der Waals surface area contributed by atoms with Crippen molar-refractivity contribution in [1.29, 1.82) is 0 Å². The summed E-state index contributed by atoms with van der Waals surface area (Å²) < 4.78 is 5.08. The van der Waals surface area contributed by atoms with E-state index in [2.05, 4.69) is 16.3 Å². The first kappa shape index (κ1) is 14.1. The number of anilines is 2. The van der Waals surface area contributed by atoms with Crippen molar-refractivity contribution in [2.45, 2.75) is 6.54 Å². The third kappa shape index (κ3) is 3.15. The number of hydrogen-bond donors (Lipinski definition) is 2. The molecule has 106 valence electrons. The van der Waals surface area contributed by atoms with Crippen LogP contribution in [0.25, 0.3) is 0 Å². The number of nitrogens with zero attached hydrogens (tertiary/aromatic N) is 1. The topological polar surface area (TPSA) is 44.7 Å². The van der Waals surface area contributed by atoms with Gasteiger partial charge in [0, 0.05) is 32.3 Å². The summed E-state index contributed by atoms with van der Waals surface area (Å²) in [6.07, 6.45) is 0. The molecule has 4 heteroatoms. The summed E-state index contributed by atoms with van der Waals surface area (Å²) in [5.74, 6) is 0.888. The lowest BCUT2D eigenvalue weighted by Crippen LogP contribution is -2.12. The molecule has 2 aromatic rings. The van der Waals surface area contributed by atoms with Crippen molar-refractivity contribution in [1.82, 2.24) is 0 Å². The number of para-hydroxylation sites is 2. The van der Waals surface area contributed by atoms with Crippen molar-refractivity contribution >= 4 is 11.4 Å². The lowest BCUT2D eigenvalue weighted by molar-refractivity contribution is 0.406. The van der Waals surface area contributed by atoms with Gasteiger partial charge in [-0.3, -0.25) is 0 Å². The Labute approximate surface area is 119 Å². The van der Waals surface area contributed by atoms with Crippen molar-refractivity contribution in [3.05, 3.63) is 48.0 Å². The molecule has 0 radical (unpaired) electrons. The Morgan fingerprint density at radius 2 is 1.90 bits per heavy atom. The Bertz CT molecular complexity index is 582. The molecule has 0 fully saturated rings. The zero-order valence-corrected chi connectivity index (χ0v) is 12.1. The lowest BCUT2D eigenvalue weighted by Gasteiger charge is -2.18. The maximum atomic E-state index is 9.95. The fourth-order valence-electron chi connectivity index (χ4n) is 2.02. The average Bonchev–Trinajstić information content (AvgIpc) is 2.46. The number of phenols is 1. The highest BCUT2D eigenvalue weighted by molar-refractivity contribution is 5.69. The summed E-state index contributed by atoms with van der Waals surface area (Å²) in [5.41, 5.74) is 2.98. The highest BCUT2D eigenvalue weighted by Gasteiger charge is 2.06. The van der Waals surface area contributed by atoms with Gasteiger partial charge in [-0.1, -0.05) is 12.1 Å². The fourth-order valence-corrected chi connectivity index (χ4v) is 2.02.